The van der Waals surface area contributed by atoms with Gasteiger partial charge in [0.15, 0.2) is 0 Å². The average Bonchev–Trinajstić information content (AvgIpc) is 2.43. The molecule has 1 nitrogen and oxygen atoms in total. The molecule has 0 amide bonds. The summed E-state index contributed by atoms with van der Waals surface area (Å²) < 4.78 is 13.7. The molecule has 3 heteroatoms. The standard InChI is InChI=1S/C16H23ClFN/c1-2-11-3-5-12(6-4-11)16(19)10-13-9-14(17)7-8-15(13)18/h7-9,11-12,16H,2-6,10,19H2,1H3. The second-order valence-electron chi connectivity index (χ2n) is 5.79. The highest BCUT2D eigenvalue weighted by Gasteiger charge is 2.25. The molecule has 1 saturated carbocycles. The molecule has 0 heterocycles. The predicted molar refractivity (Wildman–Crippen MR) is 78.8 cm³/mol. The van der Waals surface area contributed by atoms with Gasteiger partial charge in [0, 0.05) is 11.1 Å². The molecule has 0 aromatic heterocycles. The Balaban J connectivity index is 1.94. The highest BCUT2D eigenvalue weighted by Crippen LogP contribution is 2.33. The van der Waals surface area contributed by atoms with E-state index in [0.29, 0.717) is 22.9 Å². The highest BCUT2D eigenvalue weighted by atomic mass is 35.5. The molecule has 1 fully saturated rings. The Labute approximate surface area is 120 Å². The molecule has 19 heavy (non-hydrogen) atoms. The monoisotopic (exact) mass is 283 g/mol. The smallest absolute Gasteiger partial charge is 0.126 e. The highest BCUT2D eigenvalue weighted by molar-refractivity contribution is 6.30. The first-order valence-electron chi connectivity index (χ1n) is 7.29. The molecule has 1 unspecified atom stereocenters. The molecule has 0 saturated heterocycles. The molecule has 1 aromatic carbocycles. The first-order chi connectivity index (χ1) is 9.10. The van der Waals surface area contributed by atoms with Gasteiger partial charge in [0.2, 0.25) is 0 Å². The van der Waals surface area contributed by atoms with E-state index in [9.17, 15) is 4.39 Å². The van der Waals surface area contributed by atoms with Crippen molar-refractivity contribution in [2.45, 2.75) is 51.5 Å². The van der Waals surface area contributed by atoms with Crippen LogP contribution in [0.3, 0.4) is 0 Å². The van der Waals surface area contributed by atoms with Crippen molar-refractivity contribution in [3.63, 3.8) is 0 Å². The van der Waals surface area contributed by atoms with Crippen molar-refractivity contribution in [1.29, 1.82) is 0 Å². The van der Waals surface area contributed by atoms with E-state index < -0.39 is 0 Å². The molecular weight excluding hydrogens is 261 g/mol. The maximum absolute atomic E-state index is 13.7. The molecule has 1 atom stereocenters. The van der Waals surface area contributed by atoms with E-state index in [4.69, 9.17) is 17.3 Å². The minimum Gasteiger partial charge on any atom is -0.327 e. The maximum Gasteiger partial charge on any atom is 0.126 e. The van der Waals surface area contributed by atoms with Gasteiger partial charge in [0.1, 0.15) is 5.82 Å². The Morgan fingerprint density at radius 1 is 1.32 bits per heavy atom. The quantitative estimate of drug-likeness (QED) is 0.861. The van der Waals surface area contributed by atoms with E-state index >= 15 is 0 Å². The molecule has 0 aliphatic heterocycles. The summed E-state index contributed by atoms with van der Waals surface area (Å²) >= 11 is 5.92. The van der Waals surface area contributed by atoms with Gasteiger partial charge in [-0.25, -0.2) is 4.39 Å². The predicted octanol–water partition coefficient (Wildman–Crippen LogP) is 4.57. The fraction of sp³-hybridized carbons (Fsp3) is 0.625. The topological polar surface area (TPSA) is 26.0 Å². The lowest BCUT2D eigenvalue weighted by Crippen LogP contribution is -2.35. The largest absolute Gasteiger partial charge is 0.327 e. The third-order valence-corrected chi connectivity index (χ3v) is 4.77. The van der Waals surface area contributed by atoms with Crippen LogP contribution in [0.4, 0.5) is 4.39 Å². The molecule has 106 valence electrons. The van der Waals surface area contributed by atoms with Crippen molar-refractivity contribution in [1.82, 2.24) is 0 Å². The molecule has 1 aliphatic carbocycles. The lowest BCUT2D eigenvalue weighted by atomic mass is 9.76. The fourth-order valence-electron chi connectivity index (χ4n) is 3.14. The first kappa shape index (κ1) is 14.8. The number of hydrogen-bond acceptors (Lipinski definition) is 1. The fourth-order valence-corrected chi connectivity index (χ4v) is 3.34. The van der Waals surface area contributed by atoms with Crippen molar-refractivity contribution in [3.05, 3.63) is 34.6 Å². The summed E-state index contributed by atoms with van der Waals surface area (Å²) in [7, 11) is 0. The number of hydrogen-bond donors (Lipinski definition) is 1. The van der Waals surface area contributed by atoms with E-state index in [1.165, 1.54) is 38.2 Å². The summed E-state index contributed by atoms with van der Waals surface area (Å²) in [6.45, 7) is 2.26. The molecule has 2 N–H and O–H groups in total. The molecular formula is C16H23ClFN. The second kappa shape index (κ2) is 6.71. The van der Waals surface area contributed by atoms with Gasteiger partial charge in [-0.15, -0.1) is 0 Å². The summed E-state index contributed by atoms with van der Waals surface area (Å²) in [5.41, 5.74) is 6.93. The van der Waals surface area contributed by atoms with Crippen molar-refractivity contribution in [3.8, 4) is 0 Å². The molecule has 0 spiro atoms. The van der Waals surface area contributed by atoms with Gasteiger partial charge in [-0.2, -0.15) is 0 Å². The SMILES string of the molecule is CCC1CCC(C(N)Cc2cc(Cl)ccc2F)CC1. The molecule has 1 aromatic rings. The minimum absolute atomic E-state index is 0.0470. The summed E-state index contributed by atoms with van der Waals surface area (Å²) in [5.74, 6) is 1.20. The Kier molecular flexibility index (Phi) is 5.23. The summed E-state index contributed by atoms with van der Waals surface area (Å²) in [6, 6.07) is 4.76. The minimum atomic E-state index is -0.193. The number of halogens is 2. The van der Waals surface area contributed by atoms with Gasteiger partial charge >= 0.3 is 0 Å². The zero-order valence-corrected chi connectivity index (χ0v) is 12.3. The van der Waals surface area contributed by atoms with Gasteiger partial charge < -0.3 is 5.73 Å². The average molecular weight is 284 g/mol. The van der Waals surface area contributed by atoms with Crippen LogP contribution in [0.5, 0.6) is 0 Å². The van der Waals surface area contributed by atoms with Gasteiger partial charge in [0.25, 0.3) is 0 Å². The third-order valence-electron chi connectivity index (χ3n) is 4.54. The molecule has 2 rings (SSSR count). The lowest BCUT2D eigenvalue weighted by Gasteiger charge is -2.31. The summed E-state index contributed by atoms with van der Waals surface area (Å²) in [5, 5.41) is 0.582. The normalized spacial score (nSPS) is 25.3. The zero-order chi connectivity index (χ0) is 13.8. The lowest BCUT2D eigenvalue weighted by molar-refractivity contribution is 0.237. The van der Waals surface area contributed by atoms with Crippen LogP contribution in [-0.2, 0) is 6.42 Å². The zero-order valence-electron chi connectivity index (χ0n) is 11.5. The van der Waals surface area contributed by atoms with Gasteiger partial charge in [-0.05, 0) is 54.9 Å². The van der Waals surface area contributed by atoms with Crippen molar-refractivity contribution >= 4 is 11.6 Å². The van der Waals surface area contributed by atoms with Crippen LogP contribution in [-0.4, -0.2) is 6.04 Å². The maximum atomic E-state index is 13.7. The van der Waals surface area contributed by atoms with Crippen molar-refractivity contribution < 1.29 is 4.39 Å². The van der Waals surface area contributed by atoms with Crippen LogP contribution >= 0.6 is 11.6 Å². The van der Waals surface area contributed by atoms with E-state index in [1.54, 1.807) is 12.1 Å². The Morgan fingerprint density at radius 3 is 2.63 bits per heavy atom. The second-order valence-corrected chi connectivity index (χ2v) is 6.23. The van der Waals surface area contributed by atoms with Crippen LogP contribution in [0.25, 0.3) is 0 Å². The Hall–Kier alpha value is -0.600. The number of nitrogens with two attached hydrogens (primary N) is 1. The summed E-state index contributed by atoms with van der Waals surface area (Å²) in [6.07, 6.45) is 6.77. The Bertz CT molecular complexity index is 413. The number of rotatable bonds is 4. The molecule has 0 radical (unpaired) electrons. The van der Waals surface area contributed by atoms with Crippen LogP contribution < -0.4 is 5.73 Å². The van der Waals surface area contributed by atoms with Gasteiger partial charge in [-0.3, -0.25) is 0 Å². The van der Waals surface area contributed by atoms with Gasteiger partial charge in [0.05, 0.1) is 0 Å². The summed E-state index contributed by atoms with van der Waals surface area (Å²) in [4.78, 5) is 0. The molecule has 0 bridgehead atoms. The van der Waals surface area contributed by atoms with Crippen molar-refractivity contribution in [2.75, 3.05) is 0 Å². The number of benzene rings is 1. The van der Waals surface area contributed by atoms with Crippen LogP contribution in [0.1, 0.15) is 44.6 Å². The van der Waals surface area contributed by atoms with Gasteiger partial charge in [-0.1, -0.05) is 37.8 Å². The van der Waals surface area contributed by atoms with E-state index in [1.807, 2.05) is 0 Å². The Morgan fingerprint density at radius 2 is 2.00 bits per heavy atom. The van der Waals surface area contributed by atoms with Crippen molar-refractivity contribution in [2.24, 2.45) is 17.6 Å². The third kappa shape index (κ3) is 3.93. The first-order valence-corrected chi connectivity index (χ1v) is 7.67. The van der Waals surface area contributed by atoms with Crippen LogP contribution in [0.15, 0.2) is 18.2 Å². The molecule has 1 aliphatic rings. The van der Waals surface area contributed by atoms with E-state index in [0.717, 1.165) is 5.92 Å². The van der Waals surface area contributed by atoms with E-state index in [2.05, 4.69) is 6.92 Å². The van der Waals surface area contributed by atoms with E-state index in [-0.39, 0.29) is 11.9 Å². The van der Waals surface area contributed by atoms with Crippen LogP contribution in [0, 0.1) is 17.7 Å². The van der Waals surface area contributed by atoms with Crippen LogP contribution in [0.2, 0.25) is 5.02 Å².